The molecule has 0 atom stereocenters. The smallest absolute Gasteiger partial charge is 0.446 e. The standard InChI is InChI=1S/C44H45Br5N8O15S5/c45-28-13-22(1-2-37(28)58)18-33(54-65)41(61)50-3-7-73-74-8-4-51-42(62)34(55-66)19-23-11-26(38(59)29(46)14-23)27-12-24(15-30(47)39(27)60)20-35(56-67)43(63)52-5-9-75-76-10-6-53-44(64)36(57-68)21-25-16-31(48)40(32(49)17-25)72-77(69,70)71/h1-2,11-17,58-60,65-68H,3-10,18-21H2,(H,50,61)(H,51,62)(H,52,63)(H,53,64)(H,69,70,71). The van der Waals surface area contributed by atoms with Gasteiger partial charge in [-0.25, -0.2) is 0 Å². The number of benzene rings is 4. The van der Waals surface area contributed by atoms with Crippen molar-refractivity contribution in [2.24, 2.45) is 20.6 Å². The number of nitrogens with one attached hydrogen (secondary N) is 4. The van der Waals surface area contributed by atoms with Crippen molar-refractivity contribution < 1.29 is 72.5 Å². The van der Waals surface area contributed by atoms with Crippen LogP contribution in [0.5, 0.6) is 23.0 Å². The fourth-order valence-electron chi connectivity index (χ4n) is 6.37. The van der Waals surface area contributed by atoms with Gasteiger partial charge in [0.15, 0.2) is 5.75 Å². The largest absolute Gasteiger partial charge is 0.507 e. The molecule has 0 saturated heterocycles. The van der Waals surface area contributed by atoms with E-state index in [-0.39, 0.29) is 127 Å². The van der Waals surface area contributed by atoms with Gasteiger partial charge in [-0.3, -0.25) is 23.7 Å². The van der Waals surface area contributed by atoms with Gasteiger partial charge < -0.3 is 61.6 Å². The molecule has 12 N–H and O–H groups in total. The first-order valence-electron chi connectivity index (χ1n) is 21.7. The molecule has 416 valence electrons. The maximum Gasteiger partial charge on any atom is 0.446 e. The van der Waals surface area contributed by atoms with Crippen LogP contribution in [0.4, 0.5) is 0 Å². The summed E-state index contributed by atoms with van der Waals surface area (Å²) in [6.45, 7) is 0.796. The first kappa shape index (κ1) is 65.1. The van der Waals surface area contributed by atoms with Gasteiger partial charge in [-0.2, -0.15) is 8.42 Å². The van der Waals surface area contributed by atoms with Crippen LogP contribution in [0.3, 0.4) is 0 Å². The zero-order chi connectivity index (χ0) is 56.8. The maximum atomic E-state index is 13.1. The van der Waals surface area contributed by atoms with E-state index < -0.39 is 34.0 Å². The predicted octanol–water partition coefficient (Wildman–Crippen LogP) is 7.58. The number of hydrogen-bond donors (Lipinski definition) is 12. The molecule has 0 aromatic heterocycles. The minimum Gasteiger partial charge on any atom is -0.507 e. The van der Waals surface area contributed by atoms with E-state index in [2.05, 4.69) is 126 Å². The third kappa shape index (κ3) is 21.3. The fourth-order valence-corrected chi connectivity index (χ4v) is 13.5. The summed E-state index contributed by atoms with van der Waals surface area (Å²) in [4.78, 5) is 51.2. The number of phenols is 3. The Bertz CT molecular complexity index is 3030. The summed E-state index contributed by atoms with van der Waals surface area (Å²) in [5.41, 5.74) is 1.19. The van der Waals surface area contributed by atoms with E-state index in [1.54, 1.807) is 12.1 Å². The minimum atomic E-state index is -4.81. The quantitative estimate of drug-likeness (QED) is 0.00622. The highest BCUT2D eigenvalue weighted by molar-refractivity contribution is 9.11. The van der Waals surface area contributed by atoms with E-state index in [0.29, 0.717) is 49.7 Å². The molecule has 4 aromatic rings. The molecule has 0 aliphatic rings. The molecular weight excluding hydrogens is 1440 g/mol. The molecule has 0 aliphatic carbocycles. The highest BCUT2D eigenvalue weighted by Gasteiger charge is 2.23. The average molecular weight is 1490 g/mol. The van der Waals surface area contributed by atoms with Gasteiger partial charge in [0.25, 0.3) is 23.6 Å². The van der Waals surface area contributed by atoms with Crippen LogP contribution in [0.2, 0.25) is 0 Å². The number of rotatable bonds is 29. The van der Waals surface area contributed by atoms with Crippen molar-refractivity contribution in [2.75, 3.05) is 49.2 Å². The lowest BCUT2D eigenvalue weighted by molar-refractivity contribution is -0.115. The van der Waals surface area contributed by atoms with Gasteiger partial charge >= 0.3 is 10.4 Å². The normalized spacial score (nSPS) is 12.3. The van der Waals surface area contributed by atoms with Gasteiger partial charge in [-0.1, -0.05) is 69.9 Å². The van der Waals surface area contributed by atoms with E-state index in [1.165, 1.54) is 85.6 Å². The summed E-state index contributed by atoms with van der Waals surface area (Å²) in [5, 5.41) is 93.6. The van der Waals surface area contributed by atoms with Gasteiger partial charge in [0.1, 0.15) is 40.1 Å². The van der Waals surface area contributed by atoms with Crippen molar-refractivity contribution in [3.63, 3.8) is 0 Å². The van der Waals surface area contributed by atoms with E-state index >= 15 is 0 Å². The molecule has 4 rings (SSSR count). The second-order valence-electron chi connectivity index (χ2n) is 15.3. The molecule has 4 aromatic carbocycles. The number of halogens is 5. The zero-order valence-corrected chi connectivity index (χ0v) is 51.3. The van der Waals surface area contributed by atoms with Crippen molar-refractivity contribution in [3.05, 3.63) is 99.2 Å². The Morgan fingerprint density at radius 3 is 1.08 bits per heavy atom. The van der Waals surface area contributed by atoms with E-state index in [4.69, 9.17) is 4.55 Å². The number of oxime groups is 4. The van der Waals surface area contributed by atoms with Gasteiger partial charge in [0.2, 0.25) is 0 Å². The molecule has 0 aliphatic heterocycles. The summed E-state index contributed by atoms with van der Waals surface area (Å²) in [6, 6.07) is 13.4. The van der Waals surface area contributed by atoms with Crippen LogP contribution in [0.25, 0.3) is 11.1 Å². The SMILES string of the molecule is O=C(NCCSSCCNC(=O)C(Cc1cc(Br)c(O)c(-c2cc(CC(=NO)C(=O)NCCSSCCNC(=O)C(Cc3cc(Br)c(OS(=O)(=O)O)c(Br)c3)=NO)cc(Br)c2O)c1)=NO)C(Cc1ccc(O)c(Br)c1)=NO. The van der Waals surface area contributed by atoms with Crippen molar-refractivity contribution in [1.29, 1.82) is 0 Å². The molecule has 4 amide bonds. The number of phenolic OH excluding ortho intramolecular Hbond substituents is 3. The Morgan fingerprint density at radius 2 is 0.766 bits per heavy atom. The van der Waals surface area contributed by atoms with Crippen LogP contribution < -0.4 is 25.5 Å². The van der Waals surface area contributed by atoms with Crippen molar-refractivity contribution in [3.8, 4) is 34.1 Å². The number of carbonyl (C=O) groups is 4. The summed E-state index contributed by atoms with van der Waals surface area (Å²) in [7, 11) is 0.778. The van der Waals surface area contributed by atoms with Crippen LogP contribution >= 0.6 is 123 Å². The van der Waals surface area contributed by atoms with Crippen LogP contribution in [0.1, 0.15) is 22.3 Å². The molecule has 0 radical (unpaired) electrons. The molecule has 0 spiro atoms. The Hall–Kier alpha value is -4.45. The molecule has 0 saturated carbocycles. The number of amides is 4. The molecule has 0 heterocycles. The highest BCUT2D eigenvalue weighted by atomic mass is 79.9. The van der Waals surface area contributed by atoms with Crippen LogP contribution in [-0.4, -0.2) is 145 Å². The number of carbonyl (C=O) groups excluding carboxylic acids is 4. The van der Waals surface area contributed by atoms with Crippen molar-refractivity contribution >= 4 is 180 Å². The summed E-state index contributed by atoms with van der Waals surface area (Å²) in [6.07, 6.45) is -0.518. The molecular formula is C44H45Br5N8O15S5. The van der Waals surface area contributed by atoms with E-state index in [9.17, 15) is 63.7 Å². The first-order valence-corrected chi connectivity index (χ1v) is 32.0. The summed E-state index contributed by atoms with van der Waals surface area (Å²) < 4.78 is 36.8. The van der Waals surface area contributed by atoms with Crippen LogP contribution in [-0.2, 0) is 55.3 Å². The lowest BCUT2D eigenvalue weighted by atomic mass is 9.95. The van der Waals surface area contributed by atoms with Gasteiger partial charge in [0, 0.05) is 86.0 Å². The molecule has 23 nitrogen and oxygen atoms in total. The number of nitrogens with zero attached hydrogens (tertiary/aromatic N) is 4. The second kappa shape index (κ2) is 32.6. The van der Waals surface area contributed by atoms with Crippen molar-refractivity contribution in [2.45, 2.75) is 25.7 Å². The van der Waals surface area contributed by atoms with E-state index in [1.807, 2.05) is 0 Å². The van der Waals surface area contributed by atoms with Crippen LogP contribution in [0, 0.1) is 0 Å². The van der Waals surface area contributed by atoms with Gasteiger partial charge in [-0.05, 0) is 150 Å². The Labute approximate surface area is 497 Å². The fraction of sp³-hybridized carbons (Fsp3) is 0.273. The highest BCUT2D eigenvalue weighted by Crippen LogP contribution is 2.44. The minimum absolute atomic E-state index is 0.0312. The van der Waals surface area contributed by atoms with E-state index in [0.717, 1.165) is 0 Å². The molecule has 33 heteroatoms. The lowest BCUT2D eigenvalue weighted by Gasteiger charge is -2.15. The first-order chi connectivity index (χ1) is 36.6. The third-order valence-corrected chi connectivity index (χ3v) is 18.1. The topological polar surface area (TPSA) is 371 Å². The third-order valence-electron chi connectivity index (χ3n) is 9.86. The summed E-state index contributed by atoms with van der Waals surface area (Å²) >= 11 is 16.1. The molecule has 0 fully saturated rings. The predicted molar refractivity (Wildman–Crippen MR) is 314 cm³/mol. The van der Waals surface area contributed by atoms with Crippen molar-refractivity contribution in [1.82, 2.24) is 21.3 Å². The van der Waals surface area contributed by atoms with Gasteiger partial charge in [-0.15, -0.1) is 0 Å². The Balaban J connectivity index is 1.21. The molecule has 0 unspecified atom stereocenters. The Kier molecular flexibility index (Phi) is 27.5. The summed E-state index contributed by atoms with van der Waals surface area (Å²) in [5.74, 6) is -1.56. The second-order valence-corrected chi connectivity index (χ2v) is 26.0. The number of hydrogen-bond acceptors (Lipinski definition) is 22. The number of aromatic hydroxyl groups is 3. The lowest BCUT2D eigenvalue weighted by Crippen LogP contribution is -2.34. The molecule has 77 heavy (non-hydrogen) atoms. The Morgan fingerprint density at radius 1 is 0.468 bits per heavy atom. The van der Waals surface area contributed by atoms with Gasteiger partial charge in [0.05, 0.1) is 22.4 Å². The average Bonchev–Trinajstić information content (AvgIpc) is 3.39. The monoisotopic (exact) mass is 1480 g/mol. The zero-order valence-electron chi connectivity index (χ0n) is 39.3. The molecule has 0 bridgehead atoms. The maximum absolute atomic E-state index is 13.1. The van der Waals surface area contributed by atoms with Crippen LogP contribution in [0.15, 0.2) is 97.6 Å².